The number of carbonyl (C=O) groups excluding carboxylic acids is 7. The molecular weight excluding hydrogens is 915 g/mol. The van der Waals surface area contributed by atoms with Gasteiger partial charge in [-0.3, -0.25) is 24.0 Å². The van der Waals surface area contributed by atoms with Crippen molar-refractivity contribution >= 4 is 58.3 Å². The van der Waals surface area contributed by atoms with E-state index in [0.717, 1.165) is 16.7 Å². The Balaban J connectivity index is 0.986. The molecule has 0 saturated heterocycles. The lowest BCUT2D eigenvalue weighted by Gasteiger charge is -2.31. The van der Waals surface area contributed by atoms with Crippen LogP contribution >= 0.6 is 0 Å². The van der Waals surface area contributed by atoms with Crippen LogP contribution in [0.1, 0.15) is 93.2 Å². The molecule has 2 aromatic heterocycles. The molecule has 5 amide bonds. The van der Waals surface area contributed by atoms with E-state index in [2.05, 4.69) is 21.3 Å². The van der Waals surface area contributed by atoms with Gasteiger partial charge >= 0.3 is 18.2 Å². The maximum Gasteiger partial charge on any atom is 0.514 e. The van der Waals surface area contributed by atoms with Crippen LogP contribution in [0.15, 0.2) is 83.7 Å². The summed E-state index contributed by atoms with van der Waals surface area (Å²) in [5.41, 5.74) is 8.34. The van der Waals surface area contributed by atoms with Gasteiger partial charge in [-0.1, -0.05) is 70.2 Å². The minimum atomic E-state index is -1.95. The van der Waals surface area contributed by atoms with Gasteiger partial charge < -0.3 is 50.9 Å². The summed E-state index contributed by atoms with van der Waals surface area (Å²) in [7, 11) is 0. The monoisotopic (exact) mass is 971 g/mol. The number of anilines is 1. The molecule has 0 bridgehead atoms. The molecule has 0 radical (unpaired) electrons. The first-order valence-corrected chi connectivity index (χ1v) is 23.6. The Kier molecular flexibility index (Phi) is 15.9. The van der Waals surface area contributed by atoms with Crippen LogP contribution in [0.4, 0.5) is 15.3 Å². The number of cyclic esters (lactones) is 1. The Labute approximate surface area is 408 Å². The van der Waals surface area contributed by atoms with Crippen LogP contribution in [0.3, 0.4) is 0 Å². The lowest BCUT2D eigenvalue weighted by Crippen LogP contribution is -2.53. The van der Waals surface area contributed by atoms with Gasteiger partial charge in [0.2, 0.25) is 17.7 Å². The van der Waals surface area contributed by atoms with Crippen LogP contribution in [0, 0.1) is 5.92 Å². The number of hydrogen-bond acceptors (Lipinski definition) is 13. The van der Waals surface area contributed by atoms with E-state index in [9.17, 15) is 43.5 Å². The standard InChI is InChI=1S/C52H57N7O12/c1-5-34-35-24-33(18-19-39(35)57-45-36(34)26-59-42(45)25-38-37(48(59)64)28-69-49(65)52(38,68)6-2)71-51(67)70-27-31-14-16-32(17-15-31)55-46(62)40(13-10-22-54-50(53)66)58-47(63)41(23-30-11-8-7-9-12-30)56-44(61)21-20-43(60)29(3)4/h7-9,11-12,14-19,24-25,29,40-41,68H,5-6,10,13,20-23,26-28H2,1-4H3,(H,55,62)(H,56,61)(H,58,63)(H3,53,54,66)/t40-,41?,52-/m0/s1. The first-order valence-electron chi connectivity index (χ1n) is 23.6. The zero-order chi connectivity index (χ0) is 51.0. The third-order valence-corrected chi connectivity index (χ3v) is 12.7. The molecule has 2 aliphatic heterocycles. The van der Waals surface area contributed by atoms with Crippen molar-refractivity contribution < 1.29 is 52.9 Å². The number of nitrogens with two attached hydrogens (primary N) is 1. The molecule has 5 aromatic rings. The minimum absolute atomic E-state index is 0.0179. The van der Waals surface area contributed by atoms with Gasteiger partial charge in [-0.25, -0.2) is 19.4 Å². The zero-order valence-corrected chi connectivity index (χ0v) is 39.9. The van der Waals surface area contributed by atoms with E-state index in [0.29, 0.717) is 40.0 Å². The van der Waals surface area contributed by atoms with E-state index in [4.69, 9.17) is 24.9 Å². The van der Waals surface area contributed by atoms with Crippen molar-refractivity contribution in [3.8, 4) is 17.1 Å². The van der Waals surface area contributed by atoms with Gasteiger partial charge in [0.1, 0.15) is 36.8 Å². The van der Waals surface area contributed by atoms with Gasteiger partial charge in [0.25, 0.3) is 5.56 Å². The van der Waals surface area contributed by atoms with Crippen LogP contribution in [-0.4, -0.2) is 74.9 Å². The summed E-state index contributed by atoms with van der Waals surface area (Å²) < 4.78 is 17.8. The molecule has 4 heterocycles. The van der Waals surface area contributed by atoms with E-state index in [1.807, 2.05) is 13.0 Å². The molecule has 1 unspecified atom stereocenters. The van der Waals surface area contributed by atoms with Gasteiger partial charge in [0, 0.05) is 53.9 Å². The van der Waals surface area contributed by atoms with Gasteiger partial charge in [-0.2, -0.15) is 0 Å². The van der Waals surface area contributed by atoms with Crippen molar-refractivity contribution in [2.75, 3.05) is 11.9 Å². The third-order valence-electron chi connectivity index (χ3n) is 12.7. The smallest absolute Gasteiger partial charge is 0.458 e. The molecule has 3 aromatic carbocycles. The summed E-state index contributed by atoms with van der Waals surface area (Å²) >= 11 is 0. The molecule has 0 spiro atoms. The summed E-state index contributed by atoms with van der Waals surface area (Å²) in [5, 5.41) is 22.7. The SMILES string of the molecule is CCc1c2c(nc3ccc(OC(=O)OCc4ccc(NC(=O)[C@H](CCCNC(N)=O)NC(=O)C(Cc5ccccc5)NC(=O)CCC(=O)C(C)C)cc4)cc13)-c1cc3c(c(=O)n1C2)COC(=O)[C@]3(O)CC. The molecular formula is C52H57N7O12. The van der Waals surface area contributed by atoms with Crippen LogP contribution in [0.5, 0.6) is 5.75 Å². The lowest BCUT2D eigenvalue weighted by atomic mass is 9.86. The fourth-order valence-electron chi connectivity index (χ4n) is 8.70. The number of ether oxygens (including phenoxy) is 3. The lowest BCUT2D eigenvalue weighted by molar-refractivity contribution is -0.172. The summed E-state index contributed by atoms with van der Waals surface area (Å²) in [5.74, 6) is -2.62. The van der Waals surface area contributed by atoms with Crippen molar-refractivity contribution in [1.29, 1.82) is 0 Å². The number of aryl methyl sites for hydroxylation is 1. The molecule has 71 heavy (non-hydrogen) atoms. The number of aliphatic hydroxyl groups is 1. The average Bonchev–Trinajstić information content (AvgIpc) is 3.72. The number of hydrogen-bond donors (Lipinski definition) is 6. The molecule has 19 heteroatoms. The molecule has 0 fully saturated rings. The Morgan fingerprint density at radius 1 is 0.887 bits per heavy atom. The van der Waals surface area contributed by atoms with Crippen molar-refractivity contribution in [1.82, 2.24) is 25.5 Å². The number of primary amides is 1. The second kappa shape index (κ2) is 22.2. The predicted molar refractivity (Wildman–Crippen MR) is 260 cm³/mol. The highest BCUT2D eigenvalue weighted by Gasteiger charge is 2.45. The molecule has 0 saturated carbocycles. The fraction of sp³-hybridized carbons (Fsp3) is 0.365. The normalized spacial score (nSPS) is 15.3. The van der Waals surface area contributed by atoms with Gasteiger partial charge in [-0.05, 0) is 78.8 Å². The van der Waals surface area contributed by atoms with Crippen molar-refractivity contribution in [2.24, 2.45) is 11.7 Å². The number of esters is 1. The molecule has 372 valence electrons. The number of rotatable bonds is 20. The van der Waals surface area contributed by atoms with Crippen LogP contribution in [0.2, 0.25) is 0 Å². The van der Waals surface area contributed by atoms with E-state index in [1.165, 1.54) is 0 Å². The van der Waals surface area contributed by atoms with E-state index in [-0.39, 0.29) is 99.0 Å². The topological polar surface area (TPSA) is 276 Å². The Hall–Kier alpha value is -7.93. The number of fused-ring (bicyclic) bond motifs is 5. The Morgan fingerprint density at radius 3 is 2.32 bits per heavy atom. The number of carbonyl (C=O) groups is 7. The molecule has 2 aliphatic rings. The summed E-state index contributed by atoms with van der Waals surface area (Å²) in [4.78, 5) is 108. The van der Waals surface area contributed by atoms with E-state index in [1.54, 1.807) is 98.1 Å². The van der Waals surface area contributed by atoms with Gasteiger partial charge in [0.05, 0.1) is 29.0 Å². The second-order valence-corrected chi connectivity index (χ2v) is 17.8. The first-order chi connectivity index (χ1) is 34.0. The number of pyridine rings is 2. The summed E-state index contributed by atoms with van der Waals surface area (Å²) in [6.07, 6.45) is -0.00856. The Bertz CT molecular complexity index is 2940. The maximum absolute atomic E-state index is 13.8. The second-order valence-electron chi connectivity index (χ2n) is 17.8. The minimum Gasteiger partial charge on any atom is -0.458 e. The molecule has 7 rings (SSSR count). The summed E-state index contributed by atoms with van der Waals surface area (Å²) in [6, 6.07) is 19.1. The highest BCUT2D eigenvalue weighted by molar-refractivity contribution is 5.99. The van der Waals surface area contributed by atoms with Crippen LogP contribution in [-0.2, 0) is 71.6 Å². The molecule has 7 N–H and O–H groups in total. The number of Topliss-reactive ketones (excluding diaryl/α,β-unsaturated/α-hetero) is 1. The molecule has 19 nitrogen and oxygen atoms in total. The highest BCUT2D eigenvalue weighted by atomic mass is 16.7. The number of nitrogens with zero attached hydrogens (tertiary/aromatic N) is 2. The number of aromatic nitrogens is 2. The first kappa shape index (κ1) is 50.9. The zero-order valence-electron chi connectivity index (χ0n) is 39.9. The van der Waals surface area contributed by atoms with Crippen molar-refractivity contribution in [3.05, 3.63) is 123 Å². The van der Waals surface area contributed by atoms with Gasteiger partial charge in [0.15, 0.2) is 5.60 Å². The number of ketones is 1. The average molecular weight is 972 g/mol. The van der Waals surface area contributed by atoms with Crippen molar-refractivity contribution in [3.63, 3.8) is 0 Å². The quantitative estimate of drug-likeness (QED) is 0.0336. The number of amides is 5. The molecule has 3 atom stereocenters. The number of urea groups is 1. The third kappa shape index (κ3) is 11.7. The fourth-order valence-corrected chi connectivity index (χ4v) is 8.70. The van der Waals surface area contributed by atoms with Gasteiger partial charge in [-0.15, -0.1) is 0 Å². The van der Waals surface area contributed by atoms with E-state index < -0.39 is 53.6 Å². The van der Waals surface area contributed by atoms with E-state index >= 15 is 0 Å². The number of benzene rings is 3. The van der Waals surface area contributed by atoms with Crippen LogP contribution < -0.4 is 37.3 Å². The van der Waals surface area contributed by atoms with Crippen molar-refractivity contribution in [2.45, 2.75) is 110 Å². The number of nitrogens with one attached hydrogen (secondary N) is 4. The Morgan fingerprint density at radius 2 is 1.63 bits per heavy atom. The maximum atomic E-state index is 13.8. The molecule has 0 aliphatic carbocycles. The van der Waals surface area contributed by atoms with Crippen LogP contribution in [0.25, 0.3) is 22.3 Å². The highest BCUT2D eigenvalue weighted by Crippen LogP contribution is 2.41. The summed E-state index contributed by atoms with van der Waals surface area (Å²) in [6.45, 7) is 7.03. The predicted octanol–water partition coefficient (Wildman–Crippen LogP) is 4.96. The largest absolute Gasteiger partial charge is 0.514 e.